The number of aromatic nitrogens is 4. The van der Waals surface area contributed by atoms with Crippen LogP contribution in [0.5, 0.6) is 5.75 Å². The number of carbonyl (C=O) groups excluding carboxylic acids is 2. The number of aryl methyl sites for hydroxylation is 2. The van der Waals surface area contributed by atoms with Gasteiger partial charge in [0.15, 0.2) is 0 Å². The van der Waals surface area contributed by atoms with E-state index in [1.165, 1.54) is 0 Å². The zero-order valence-corrected chi connectivity index (χ0v) is 17.3. The number of hydrogen-bond acceptors (Lipinski definition) is 5. The number of ether oxygens (including phenoxy) is 1. The maximum atomic E-state index is 12.5. The second-order valence-electron chi connectivity index (χ2n) is 7.07. The molecule has 0 bridgehead atoms. The third-order valence-corrected chi connectivity index (χ3v) is 4.92. The van der Waals surface area contributed by atoms with Crippen molar-refractivity contribution in [3.63, 3.8) is 0 Å². The van der Waals surface area contributed by atoms with Crippen molar-refractivity contribution in [1.29, 1.82) is 0 Å². The smallest absolute Gasteiger partial charge is 0.361 e. The third-order valence-electron chi connectivity index (χ3n) is 4.92. The average molecular weight is 415 g/mol. The fourth-order valence-electron chi connectivity index (χ4n) is 3.26. The van der Waals surface area contributed by atoms with Gasteiger partial charge >= 0.3 is 5.97 Å². The topological polar surface area (TPSA) is 102 Å². The number of H-pyrrole nitrogens is 1. The second-order valence-corrected chi connectivity index (χ2v) is 7.07. The molecule has 0 saturated carbocycles. The molecule has 8 nitrogen and oxygen atoms in total. The molecule has 0 unspecified atom stereocenters. The first-order valence-corrected chi connectivity index (χ1v) is 9.67. The van der Waals surface area contributed by atoms with Crippen LogP contribution in [-0.2, 0) is 7.05 Å². The normalized spacial score (nSPS) is 10.7. The summed E-state index contributed by atoms with van der Waals surface area (Å²) in [6, 6.07) is 17.1. The Morgan fingerprint density at radius 3 is 2.39 bits per heavy atom. The highest BCUT2D eigenvalue weighted by Crippen LogP contribution is 2.25. The summed E-state index contributed by atoms with van der Waals surface area (Å²) in [6.07, 6.45) is 0. The maximum Gasteiger partial charge on any atom is 0.361 e. The van der Waals surface area contributed by atoms with Crippen LogP contribution in [0.15, 0.2) is 60.7 Å². The number of amides is 1. The highest BCUT2D eigenvalue weighted by molar-refractivity contribution is 6.04. The van der Waals surface area contributed by atoms with Gasteiger partial charge in [-0.3, -0.25) is 14.6 Å². The van der Waals surface area contributed by atoms with Crippen LogP contribution in [0.3, 0.4) is 0 Å². The third kappa shape index (κ3) is 4.23. The predicted octanol–water partition coefficient (Wildman–Crippen LogP) is 3.90. The Labute approximate surface area is 178 Å². The van der Waals surface area contributed by atoms with Gasteiger partial charge < -0.3 is 10.1 Å². The molecule has 0 aliphatic heterocycles. The first-order valence-electron chi connectivity index (χ1n) is 9.67. The molecular weight excluding hydrogens is 394 g/mol. The van der Waals surface area contributed by atoms with Crippen LogP contribution in [0.1, 0.15) is 32.2 Å². The number of esters is 1. The molecule has 0 radical (unpaired) electrons. The molecule has 0 atom stereocenters. The fraction of sp³-hybridized carbons (Fsp3) is 0.130. The number of rotatable bonds is 5. The second kappa shape index (κ2) is 8.27. The lowest BCUT2D eigenvalue weighted by Crippen LogP contribution is -2.12. The number of nitrogens with zero attached hydrogens (tertiary/aromatic N) is 3. The van der Waals surface area contributed by atoms with E-state index < -0.39 is 5.97 Å². The van der Waals surface area contributed by atoms with E-state index in [4.69, 9.17) is 4.74 Å². The van der Waals surface area contributed by atoms with Crippen molar-refractivity contribution < 1.29 is 14.3 Å². The number of aromatic amines is 1. The molecule has 4 aromatic rings. The summed E-state index contributed by atoms with van der Waals surface area (Å²) in [7, 11) is 1.86. The Balaban J connectivity index is 1.42. The van der Waals surface area contributed by atoms with E-state index in [0.717, 1.165) is 17.0 Å². The molecule has 4 rings (SSSR count). The van der Waals surface area contributed by atoms with Gasteiger partial charge in [-0.1, -0.05) is 18.2 Å². The minimum Gasteiger partial charge on any atom is -0.422 e. The van der Waals surface area contributed by atoms with Crippen molar-refractivity contribution in [2.75, 3.05) is 5.32 Å². The zero-order valence-electron chi connectivity index (χ0n) is 17.3. The van der Waals surface area contributed by atoms with E-state index in [1.807, 2.05) is 27.0 Å². The lowest BCUT2D eigenvalue weighted by Gasteiger charge is -2.07. The van der Waals surface area contributed by atoms with Crippen molar-refractivity contribution in [3.05, 3.63) is 83.3 Å². The van der Waals surface area contributed by atoms with Crippen LogP contribution in [0.25, 0.3) is 11.3 Å². The van der Waals surface area contributed by atoms with Gasteiger partial charge in [-0.15, -0.1) is 0 Å². The molecule has 2 aromatic carbocycles. The van der Waals surface area contributed by atoms with Crippen LogP contribution < -0.4 is 10.1 Å². The molecule has 0 fully saturated rings. The molecule has 0 aliphatic rings. The summed E-state index contributed by atoms with van der Waals surface area (Å²) < 4.78 is 7.19. The van der Waals surface area contributed by atoms with Gasteiger partial charge in [-0.05, 0) is 56.3 Å². The molecule has 8 heteroatoms. The van der Waals surface area contributed by atoms with Crippen molar-refractivity contribution in [2.24, 2.45) is 7.05 Å². The van der Waals surface area contributed by atoms with Crippen LogP contribution in [0.4, 0.5) is 5.69 Å². The molecule has 2 heterocycles. The maximum absolute atomic E-state index is 12.5. The minimum absolute atomic E-state index is 0.212. The van der Waals surface area contributed by atoms with Gasteiger partial charge in [0, 0.05) is 29.6 Å². The molecule has 0 aliphatic carbocycles. The summed E-state index contributed by atoms with van der Waals surface area (Å²) in [5.41, 5.74) is 4.70. The van der Waals surface area contributed by atoms with Crippen molar-refractivity contribution in [2.45, 2.75) is 13.8 Å². The van der Waals surface area contributed by atoms with Crippen molar-refractivity contribution in [1.82, 2.24) is 20.0 Å². The van der Waals surface area contributed by atoms with Crippen molar-refractivity contribution in [3.8, 4) is 17.0 Å². The van der Waals surface area contributed by atoms with E-state index in [0.29, 0.717) is 22.7 Å². The van der Waals surface area contributed by atoms with E-state index in [2.05, 4.69) is 20.6 Å². The zero-order chi connectivity index (χ0) is 22.0. The number of anilines is 1. The summed E-state index contributed by atoms with van der Waals surface area (Å²) >= 11 is 0. The van der Waals surface area contributed by atoms with Gasteiger partial charge in [0.1, 0.15) is 11.4 Å². The van der Waals surface area contributed by atoms with E-state index in [-0.39, 0.29) is 11.6 Å². The lowest BCUT2D eigenvalue weighted by atomic mass is 10.1. The SMILES string of the molecule is Cc1nn(C)c(C)c1-c1cc(C(=O)Oc2ccc(NC(=O)c3ccccc3)cc2)[nH]n1. The highest BCUT2D eigenvalue weighted by atomic mass is 16.5. The number of nitrogens with one attached hydrogen (secondary N) is 2. The minimum atomic E-state index is -0.556. The quantitative estimate of drug-likeness (QED) is 0.380. The van der Waals surface area contributed by atoms with Crippen LogP contribution in [0.2, 0.25) is 0 Å². The van der Waals surface area contributed by atoms with Crippen LogP contribution in [-0.4, -0.2) is 31.9 Å². The molecular formula is C23H21N5O3. The van der Waals surface area contributed by atoms with Gasteiger partial charge in [0.05, 0.1) is 11.4 Å². The summed E-state index contributed by atoms with van der Waals surface area (Å²) in [6.45, 7) is 3.84. The van der Waals surface area contributed by atoms with Crippen LogP contribution in [0, 0.1) is 13.8 Å². The molecule has 2 N–H and O–H groups in total. The molecule has 0 spiro atoms. The van der Waals surface area contributed by atoms with Gasteiger partial charge in [-0.25, -0.2) is 4.79 Å². The number of benzene rings is 2. The number of carbonyl (C=O) groups is 2. The summed E-state index contributed by atoms with van der Waals surface area (Å²) in [5.74, 6) is -0.414. The fourth-order valence-corrected chi connectivity index (χ4v) is 3.26. The summed E-state index contributed by atoms with van der Waals surface area (Å²) in [4.78, 5) is 24.7. The van der Waals surface area contributed by atoms with E-state index in [1.54, 1.807) is 59.3 Å². The molecule has 0 saturated heterocycles. The van der Waals surface area contributed by atoms with Gasteiger partial charge in [0.2, 0.25) is 0 Å². The molecule has 2 aromatic heterocycles. The standard InChI is InChI=1S/C23H21N5O3/c1-14-21(15(2)28(3)27-14)19-13-20(26-25-19)23(30)31-18-11-9-17(10-12-18)24-22(29)16-7-5-4-6-8-16/h4-13H,1-3H3,(H,24,29)(H,25,26). The number of hydrogen-bond donors (Lipinski definition) is 2. The lowest BCUT2D eigenvalue weighted by molar-refractivity contribution is 0.0728. The summed E-state index contributed by atoms with van der Waals surface area (Å²) in [5, 5.41) is 14.1. The highest BCUT2D eigenvalue weighted by Gasteiger charge is 2.18. The first-order chi connectivity index (χ1) is 14.9. The van der Waals surface area contributed by atoms with Gasteiger partial charge in [0.25, 0.3) is 5.91 Å². The molecule has 1 amide bonds. The molecule has 31 heavy (non-hydrogen) atoms. The Morgan fingerprint density at radius 1 is 1.03 bits per heavy atom. The first kappa shape index (κ1) is 20.1. The largest absolute Gasteiger partial charge is 0.422 e. The predicted molar refractivity (Wildman–Crippen MR) is 116 cm³/mol. The Hall–Kier alpha value is -4.20. The van der Waals surface area contributed by atoms with Crippen LogP contribution >= 0.6 is 0 Å². The Morgan fingerprint density at radius 2 is 1.74 bits per heavy atom. The van der Waals surface area contributed by atoms with E-state index in [9.17, 15) is 9.59 Å². The average Bonchev–Trinajstić information content (AvgIpc) is 3.34. The Bertz CT molecular complexity index is 1240. The molecule has 156 valence electrons. The van der Waals surface area contributed by atoms with E-state index >= 15 is 0 Å². The monoisotopic (exact) mass is 415 g/mol. The van der Waals surface area contributed by atoms with Gasteiger partial charge in [-0.2, -0.15) is 10.2 Å². The van der Waals surface area contributed by atoms with Crippen molar-refractivity contribution >= 4 is 17.6 Å². The Kier molecular flexibility index (Phi) is 5.36.